The second-order valence-electron chi connectivity index (χ2n) is 14.5. The molecule has 0 saturated carbocycles. The van der Waals surface area contributed by atoms with Gasteiger partial charge in [0.15, 0.2) is 0 Å². The van der Waals surface area contributed by atoms with Crippen LogP contribution in [-0.2, 0) is 22.7 Å². The molecule has 232 valence electrons. The summed E-state index contributed by atoms with van der Waals surface area (Å²) < 4.78 is 4.20. The van der Waals surface area contributed by atoms with Crippen molar-refractivity contribution in [2.45, 2.75) is 101 Å². The number of hydrogen-bond acceptors (Lipinski definition) is 2. The van der Waals surface area contributed by atoms with Crippen molar-refractivity contribution < 1.29 is 28.8 Å². The van der Waals surface area contributed by atoms with E-state index in [2.05, 4.69) is 94.5 Å². The molecular weight excluding hydrogens is 672 g/mol. The molecule has 2 N–H and O–H groups in total. The van der Waals surface area contributed by atoms with E-state index >= 15 is 0 Å². The highest BCUT2D eigenvalue weighted by Crippen LogP contribution is 2.59. The van der Waals surface area contributed by atoms with Gasteiger partial charge < -0.3 is 19.2 Å². The van der Waals surface area contributed by atoms with Gasteiger partial charge in [-0.25, -0.2) is 0 Å². The highest BCUT2D eigenvalue weighted by Gasteiger charge is 2.64. The standard InChI is InChI=1S/C35H44Br2N2O4/c1-38(21-23-7-3-5-9-31(23)36)27-11-12-28(38)18-25(17-27)35(34(42)43,16-15-33(40)41)26-19-29-13-14-30(20-26)39(29,2)22-24-8-4-6-10-32(24)37/h3-10,25-30H,11-22H2,1-2H3/p+2. The van der Waals surface area contributed by atoms with Crippen molar-refractivity contribution in [1.29, 1.82) is 0 Å². The molecule has 8 heteroatoms. The molecule has 0 spiro atoms. The summed E-state index contributed by atoms with van der Waals surface area (Å²) >= 11 is 7.52. The van der Waals surface area contributed by atoms with Crippen LogP contribution in [0.5, 0.6) is 0 Å². The summed E-state index contributed by atoms with van der Waals surface area (Å²) in [4.78, 5) is 25.7. The van der Waals surface area contributed by atoms with E-state index in [0.717, 1.165) is 82.4 Å². The molecule has 4 aliphatic heterocycles. The Morgan fingerprint density at radius 2 is 1.09 bits per heavy atom. The molecule has 4 atom stereocenters. The number of carboxylic acid groups (broad SMARTS) is 2. The first-order valence-electron chi connectivity index (χ1n) is 16.1. The molecule has 0 amide bonds. The van der Waals surface area contributed by atoms with E-state index in [9.17, 15) is 19.8 Å². The van der Waals surface area contributed by atoms with Crippen molar-refractivity contribution in [1.82, 2.24) is 0 Å². The van der Waals surface area contributed by atoms with Gasteiger partial charge in [0.25, 0.3) is 0 Å². The zero-order chi connectivity index (χ0) is 30.6. The van der Waals surface area contributed by atoms with Gasteiger partial charge in [-0.2, -0.15) is 0 Å². The first kappa shape index (κ1) is 31.3. The molecule has 4 bridgehead atoms. The zero-order valence-corrected chi connectivity index (χ0v) is 28.6. The summed E-state index contributed by atoms with van der Waals surface area (Å²) in [6.45, 7) is 1.88. The van der Waals surface area contributed by atoms with Crippen LogP contribution in [-0.4, -0.2) is 69.4 Å². The third-order valence-electron chi connectivity index (χ3n) is 12.8. The lowest BCUT2D eigenvalue weighted by atomic mass is 9.56. The summed E-state index contributed by atoms with van der Waals surface area (Å²) in [5, 5.41) is 21.0. The van der Waals surface area contributed by atoms with E-state index in [1.54, 1.807) is 0 Å². The van der Waals surface area contributed by atoms with Crippen LogP contribution < -0.4 is 0 Å². The van der Waals surface area contributed by atoms with Crippen LogP contribution in [0.15, 0.2) is 57.5 Å². The number of fused-ring (bicyclic) bond motifs is 4. The number of rotatable bonds is 10. The third kappa shape index (κ3) is 5.42. The van der Waals surface area contributed by atoms with Crippen molar-refractivity contribution >= 4 is 43.8 Å². The molecule has 4 heterocycles. The van der Waals surface area contributed by atoms with E-state index in [1.807, 2.05) is 0 Å². The van der Waals surface area contributed by atoms with Crippen LogP contribution in [0.1, 0.15) is 75.3 Å². The Morgan fingerprint density at radius 3 is 1.42 bits per heavy atom. The molecule has 0 radical (unpaired) electrons. The molecule has 4 unspecified atom stereocenters. The fourth-order valence-electron chi connectivity index (χ4n) is 10.3. The van der Waals surface area contributed by atoms with Crippen LogP contribution in [0.25, 0.3) is 0 Å². The summed E-state index contributed by atoms with van der Waals surface area (Å²) in [7, 11) is 4.76. The van der Waals surface area contributed by atoms with Crippen molar-refractivity contribution in [2.75, 3.05) is 14.1 Å². The number of carbonyl (C=O) groups is 2. The Hall–Kier alpha value is -1.74. The van der Waals surface area contributed by atoms with Gasteiger partial charge in [0.05, 0.1) is 43.7 Å². The number of aliphatic carboxylic acids is 2. The number of carboxylic acids is 2. The summed E-state index contributed by atoms with van der Waals surface area (Å²) in [5.74, 6) is -1.60. The number of benzene rings is 2. The third-order valence-corrected chi connectivity index (χ3v) is 14.3. The topological polar surface area (TPSA) is 74.6 Å². The minimum Gasteiger partial charge on any atom is -0.481 e. The minimum absolute atomic E-state index is 0.0109. The molecule has 2 aromatic carbocycles. The van der Waals surface area contributed by atoms with Crippen molar-refractivity contribution in [3.05, 3.63) is 68.6 Å². The maximum absolute atomic E-state index is 13.7. The van der Waals surface area contributed by atoms with Gasteiger partial charge in [0.2, 0.25) is 0 Å². The Bertz CT molecular complexity index is 1270. The molecule has 0 aromatic heterocycles. The van der Waals surface area contributed by atoms with Gasteiger partial charge in [0, 0.05) is 77.9 Å². The highest BCUT2D eigenvalue weighted by atomic mass is 79.9. The van der Waals surface area contributed by atoms with E-state index in [1.165, 1.54) is 11.1 Å². The molecule has 6 nitrogen and oxygen atoms in total. The largest absolute Gasteiger partial charge is 0.481 e. The van der Waals surface area contributed by atoms with Crippen LogP contribution in [0.4, 0.5) is 0 Å². The average molecular weight is 719 g/mol. The minimum atomic E-state index is -0.989. The van der Waals surface area contributed by atoms with Crippen molar-refractivity contribution in [3.63, 3.8) is 0 Å². The monoisotopic (exact) mass is 716 g/mol. The average Bonchev–Trinajstić information content (AvgIpc) is 3.20. The smallest absolute Gasteiger partial charge is 0.310 e. The molecule has 4 aliphatic rings. The van der Waals surface area contributed by atoms with Gasteiger partial charge >= 0.3 is 11.9 Å². The normalized spacial score (nSPS) is 36.3. The van der Waals surface area contributed by atoms with Crippen LogP contribution in [0.3, 0.4) is 0 Å². The Kier molecular flexibility index (Phi) is 8.64. The molecular formula is C35H46Br2N2O4+2. The molecule has 6 rings (SSSR count). The SMILES string of the molecule is C[N+]1(Cc2ccccc2Br)C2CCC1CC(C(CCC(=O)O)(C(=O)O)C1CC3CCC(C1)[N+]3(C)Cc1ccccc1Br)C2. The fraction of sp³-hybridized carbons (Fsp3) is 0.600. The van der Waals surface area contributed by atoms with Gasteiger partial charge in [0.1, 0.15) is 13.1 Å². The van der Waals surface area contributed by atoms with Crippen LogP contribution in [0.2, 0.25) is 0 Å². The van der Waals surface area contributed by atoms with Gasteiger partial charge in [-0.3, -0.25) is 9.59 Å². The Balaban J connectivity index is 1.29. The molecule has 2 aromatic rings. The van der Waals surface area contributed by atoms with E-state index in [0.29, 0.717) is 24.2 Å². The number of halogens is 2. The number of quaternary nitrogens is 2. The summed E-state index contributed by atoms with van der Waals surface area (Å²) in [5.41, 5.74) is 1.63. The molecule has 0 aliphatic carbocycles. The van der Waals surface area contributed by atoms with Crippen LogP contribution in [0, 0.1) is 17.3 Å². The lowest BCUT2D eigenvalue weighted by Crippen LogP contribution is -2.63. The number of nitrogens with zero attached hydrogens (tertiary/aromatic N) is 2. The zero-order valence-electron chi connectivity index (χ0n) is 25.4. The summed E-state index contributed by atoms with van der Waals surface area (Å²) in [6.07, 6.45) is 8.14. The first-order valence-corrected chi connectivity index (χ1v) is 17.7. The maximum Gasteiger partial charge on any atom is 0.310 e. The predicted octanol–water partition coefficient (Wildman–Crippen LogP) is 7.62. The fourth-order valence-corrected chi connectivity index (χ4v) is 11.2. The first-order chi connectivity index (χ1) is 20.5. The predicted molar refractivity (Wildman–Crippen MR) is 174 cm³/mol. The van der Waals surface area contributed by atoms with Crippen molar-refractivity contribution in [3.8, 4) is 0 Å². The second-order valence-corrected chi connectivity index (χ2v) is 16.2. The Labute approximate surface area is 272 Å². The highest BCUT2D eigenvalue weighted by molar-refractivity contribution is 9.10. The lowest BCUT2D eigenvalue weighted by molar-refractivity contribution is -0.963. The van der Waals surface area contributed by atoms with Gasteiger partial charge in [-0.05, 0) is 30.4 Å². The quantitative estimate of drug-likeness (QED) is 0.248. The number of piperidine rings is 2. The van der Waals surface area contributed by atoms with Crippen LogP contribution >= 0.6 is 31.9 Å². The molecule has 4 saturated heterocycles. The van der Waals surface area contributed by atoms with E-state index in [-0.39, 0.29) is 24.7 Å². The second kappa shape index (κ2) is 11.9. The number of hydrogen-bond donors (Lipinski definition) is 2. The maximum atomic E-state index is 13.7. The van der Waals surface area contributed by atoms with E-state index in [4.69, 9.17) is 0 Å². The van der Waals surface area contributed by atoms with Gasteiger partial charge in [-0.15, -0.1) is 0 Å². The lowest BCUT2D eigenvalue weighted by Gasteiger charge is -2.55. The van der Waals surface area contributed by atoms with E-state index < -0.39 is 17.4 Å². The summed E-state index contributed by atoms with van der Waals surface area (Å²) in [6, 6.07) is 18.5. The molecule has 4 fully saturated rings. The van der Waals surface area contributed by atoms with Crippen molar-refractivity contribution in [2.24, 2.45) is 17.3 Å². The Morgan fingerprint density at radius 1 is 0.721 bits per heavy atom. The molecule has 43 heavy (non-hydrogen) atoms. The van der Waals surface area contributed by atoms with Gasteiger partial charge in [-0.1, -0.05) is 68.3 Å².